The Bertz CT molecular complexity index is 1490. The molecule has 0 bridgehead atoms. The van der Waals surface area contributed by atoms with E-state index in [2.05, 4.69) is 20.8 Å². The summed E-state index contributed by atoms with van der Waals surface area (Å²) in [7, 11) is 3.49. The van der Waals surface area contributed by atoms with Gasteiger partial charge in [-0.25, -0.2) is 4.98 Å². The van der Waals surface area contributed by atoms with Crippen LogP contribution in [0.15, 0.2) is 40.4 Å². The third-order valence-electron chi connectivity index (χ3n) is 8.41. The molecule has 0 spiro atoms. The first-order valence-electron chi connectivity index (χ1n) is 16.9. The Balaban J connectivity index is 1.21. The molecular formula is C35H50N6O7S. The topological polar surface area (TPSA) is 159 Å². The van der Waals surface area contributed by atoms with Crippen molar-refractivity contribution in [3.8, 4) is 16.3 Å². The third-order valence-corrected chi connectivity index (χ3v) is 9.39. The number of rotatable bonds is 19. The van der Waals surface area contributed by atoms with E-state index in [0.29, 0.717) is 51.6 Å². The Morgan fingerprint density at radius 3 is 2.57 bits per heavy atom. The number of carbonyl (C=O) groups is 3. The van der Waals surface area contributed by atoms with E-state index >= 15 is 0 Å². The average molecular weight is 699 g/mol. The van der Waals surface area contributed by atoms with Gasteiger partial charge in [0.1, 0.15) is 12.0 Å². The Hall–Kier alpha value is -3.85. The number of thiazole rings is 1. The molecular weight excluding hydrogens is 648 g/mol. The molecule has 1 fully saturated rings. The summed E-state index contributed by atoms with van der Waals surface area (Å²) in [4.78, 5) is 47.2. The lowest BCUT2D eigenvalue weighted by Crippen LogP contribution is -2.48. The maximum atomic E-state index is 13.9. The van der Waals surface area contributed by atoms with Crippen molar-refractivity contribution in [1.29, 1.82) is 0 Å². The molecule has 14 heteroatoms. The van der Waals surface area contributed by atoms with Gasteiger partial charge >= 0.3 is 0 Å². The van der Waals surface area contributed by atoms with Crippen molar-refractivity contribution in [2.45, 2.75) is 71.1 Å². The van der Waals surface area contributed by atoms with Crippen LogP contribution in [0, 0.1) is 12.8 Å². The summed E-state index contributed by atoms with van der Waals surface area (Å²) < 4.78 is 17.0. The number of nitrogens with zero attached hydrogens (tertiary/aromatic N) is 4. The molecule has 0 aliphatic carbocycles. The van der Waals surface area contributed by atoms with Gasteiger partial charge in [0.2, 0.25) is 17.7 Å². The number of carbonyl (C=O) groups excluding carboxylic acids is 3. The van der Waals surface area contributed by atoms with Crippen LogP contribution in [-0.2, 0) is 25.7 Å². The molecule has 0 saturated carbocycles. The zero-order valence-corrected chi connectivity index (χ0v) is 30.0. The molecule has 1 saturated heterocycles. The van der Waals surface area contributed by atoms with E-state index in [1.807, 2.05) is 50.5 Å². The van der Waals surface area contributed by atoms with E-state index in [9.17, 15) is 19.5 Å². The standard InChI is InChI=1S/C35H50N6O7S/c1-23(2)32(29-19-30(39-48-29)47-16-7-6-15-46-17-14-36-13-12-31(43)40(4)5)35(45)41-21-27(42)18-28(41)34(44)37-20-25-8-10-26(11-9-25)33-24(3)38-22-49-33/h8-11,19,22-23,27-28,32,36,42H,6-7,12-18,20-21H2,1-5H3,(H,37,44)/t27-,28+,32?/m1/s1. The second-order valence-corrected chi connectivity index (χ2v) is 13.7. The van der Waals surface area contributed by atoms with Crippen LogP contribution in [0.3, 0.4) is 0 Å². The highest BCUT2D eigenvalue weighted by Gasteiger charge is 2.43. The zero-order valence-electron chi connectivity index (χ0n) is 29.1. The van der Waals surface area contributed by atoms with Crippen molar-refractivity contribution < 1.29 is 33.5 Å². The normalized spacial score (nSPS) is 16.6. The molecule has 13 nitrogen and oxygen atoms in total. The Labute approximate surface area is 292 Å². The van der Waals surface area contributed by atoms with Crippen LogP contribution in [0.1, 0.15) is 62.5 Å². The highest BCUT2D eigenvalue weighted by Crippen LogP contribution is 2.32. The number of aliphatic hydroxyl groups excluding tert-OH is 1. The Morgan fingerprint density at radius 2 is 1.88 bits per heavy atom. The van der Waals surface area contributed by atoms with Crippen molar-refractivity contribution in [3.05, 3.63) is 52.9 Å². The first kappa shape index (κ1) is 38.0. The summed E-state index contributed by atoms with van der Waals surface area (Å²) in [6.07, 6.45) is 1.37. The molecule has 268 valence electrons. The molecule has 1 unspecified atom stereocenters. The number of unbranched alkanes of at least 4 members (excludes halogenated alkanes) is 1. The first-order chi connectivity index (χ1) is 23.5. The van der Waals surface area contributed by atoms with E-state index in [1.165, 1.54) is 4.90 Å². The van der Waals surface area contributed by atoms with Gasteiger partial charge in [0.05, 0.1) is 35.4 Å². The fourth-order valence-electron chi connectivity index (χ4n) is 5.64. The number of hydrogen-bond acceptors (Lipinski definition) is 11. The van der Waals surface area contributed by atoms with Gasteiger partial charge in [-0.1, -0.05) is 38.1 Å². The average Bonchev–Trinajstić information content (AvgIpc) is 3.82. The second-order valence-electron chi connectivity index (χ2n) is 12.8. The molecule has 3 atom stereocenters. The molecule has 3 amide bonds. The van der Waals surface area contributed by atoms with Gasteiger partial charge in [0.25, 0.3) is 5.88 Å². The van der Waals surface area contributed by atoms with Gasteiger partial charge in [0, 0.05) is 65.8 Å². The van der Waals surface area contributed by atoms with E-state index in [0.717, 1.165) is 34.5 Å². The maximum Gasteiger partial charge on any atom is 0.254 e. The summed E-state index contributed by atoms with van der Waals surface area (Å²) in [5.41, 5.74) is 4.80. The Kier molecular flexibility index (Phi) is 14.6. The van der Waals surface area contributed by atoms with E-state index in [1.54, 1.807) is 36.4 Å². The monoisotopic (exact) mass is 698 g/mol. The molecule has 3 N–H and O–H groups in total. The molecule has 2 aromatic heterocycles. The minimum Gasteiger partial charge on any atom is -0.476 e. The number of nitrogens with one attached hydrogen (secondary N) is 2. The van der Waals surface area contributed by atoms with Crippen molar-refractivity contribution >= 4 is 29.1 Å². The molecule has 1 aromatic carbocycles. The quantitative estimate of drug-likeness (QED) is 0.159. The number of ether oxygens (including phenoxy) is 2. The van der Waals surface area contributed by atoms with Gasteiger partial charge in [-0.2, -0.15) is 0 Å². The largest absolute Gasteiger partial charge is 0.476 e. The number of aromatic nitrogens is 2. The highest BCUT2D eigenvalue weighted by atomic mass is 32.1. The van der Waals surface area contributed by atoms with Crippen LogP contribution in [0.2, 0.25) is 0 Å². The van der Waals surface area contributed by atoms with Crippen LogP contribution in [0.5, 0.6) is 5.88 Å². The minimum atomic E-state index is -0.804. The first-order valence-corrected chi connectivity index (χ1v) is 17.8. The molecule has 3 aromatic rings. The highest BCUT2D eigenvalue weighted by molar-refractivity contribution is 7.13. The number of benzene rings is 1. The van der Waals surface area contributed by atoms with E-state index in [-0.39, 0.29) is 42.5 Å². The number of β-amino-alcohol motifs (C(OH)–C–C–N with tert-alkyl or cyclic N) is 1. The minimum absolute atomic E-state index is 0.0643. The van der Waals surface area contributed by atoms with Crippen LogP contribution in [-0.4, -0.2) is 108 Å². The maximum absolute atomic E-state index is 13.9. The van der Waals surface area contributed by atoms with E-state index < -0.39 is 18.1 Å². The lowest BCUT2D eigenvalue weighted by Gasteiger charge is -2.28. The fraction of sp³-hybridized carbons (Fsp3) is 0.571. The summed E-state index contributed by atoms with van der Waals surface area (Å²) in [6.45, 7) is 9.02. The summed E-state index contributed by atoms with van der Waals surface area (Å²) in [5.74, 6) is -0.724. The molecule has 0 radical (unpaired) electrons. The van der Waals surface area contributed by atoms with Crippen molar-refractivity contribution in [2.75, 3.05) is 53.6 Å². The van der Waals surface area contributed by atoms with Gasteiger partial charge in [-0.3, -0.25) is 14.4 Å². The number of aryl methyl sites for hydroxylation is 1. The number of aliphatic hydroxyl groups is 1. The Morgan fingerprint density at radius 1 is 1.12 bits per heavy atom. The molecule has 1 aliphatic rings. The lowest BCUT2D eigenvalue weighted by atomic mass is 9.91. The number of likely N-dealkylation sites (tertiary alicyclic amines) is 1. The van der Waals surface area contributed by atoms with Gasteiger partial charge < -0.3 is 39.5 Å². The zero-order chi connectivity index (χ0) is 35.3. The predicted molar refractivity (Wildman–Crippen MR) is 186 cm³/mol. The van der Waals surface area contributed by atoms with E-state index in [4.69, 9.17) is 14.0 Å². The van der Waals surface area contributed by atoms with Gasteiger partial charge in [0.15, 0.2) is 5.76 Å². The molecule has 49 heavy (non-hydrogen) atoms. The number of amides is 3. The van der Waals surface area contributed by atoms with Crippen LogP contribution < -0.4 is 15.4 Å². The predicted octanol–water partition coefficient (Wildman–Crippen LogP) is 3.37. The van der Waals surface area contributed by atoms with Gasteiger partial charge in [-0.15, -0.1) is 11.3 Å². The number of hydrogen-bond donors (Lipinski definition) is 3. The lowest BCUT2D eigenvalue weighted by molar-refractivity contribution is -0.141. The van der Waals surface area contributed by atoms with Crippen LogP contribution in [0.25, 0.3) is 10.4 Å². The van der Waals surface area contributed by atoms with Gasteiger partial charge in [-0.05, 0) is 42.0 Å². The molecule has 3 heterocycles. The summed E-state index contributed by atoms with van der Waals surface area (Å²) in [5, 5.41) is 20.7. The second kappa shape index (κ2) is 18.8. The SMILES string of the molecule is Cc1ncsc1-c1ccc(CNC(=O)[C@@H]2C[C@@H](O)CN2C(=O)C(c2cc(OCCCCOCCNCCC(=O)N(C)C)no2)C(C)C)cc1. The fourth-order valence-corrected chi connectivity index (χ4v) is 6.45. The van der Waals surface area contributed by atoms with Crippen molar-refractivity contribution in [3.63, 3.8) is 0 Å². The summed E-state index contributed by atoms with van der Waals surface area (Å²) >= 11 is 1.59. The molecule has 4 rings (SSSR count). The summed E-state index contributed by atoms with van der Waals surface area (Å²) in [6, 6.07) is 8.78. The van der Waals surface area contributed by atoms with Crippen molar-refractivity contribution in [2.24, 2.45) is 5.92 Å². The van der Waals surface area contributed by atoms with Crippen molar-refractivity contribution in [1.82, 2.24) is 30.6 Å². The molecule has 1 aliphatic heterocycles. The third kappa shape index (κ3) is 11.1. The van der Waals surface area contributed by atoms with Crippen LogP contribution >= 0.6 is 11.3 Å². The van der Waals surface area contributed by atoms with Crippen LogP contribution in [0.4, 0.5) is 0 Å². The smallest absolute Gasteiger partial charge is 0.254 e.